The summed E-state index contributed by atoms with van der Waals surface area (Å²) in [4.78, 5) is 4.72. The third-order valence-electron chi connectivity index (χ3n) is 3.79. The molecule has 0 aliphatic heterocycles. The number of hydrogen-bond donors (Lipinski definition) is 1. The summed E-state index contributed by atoms with van der Waals surface area (Å²) in [6.45, 7) is 7.22. The van der Waals surface area contributed by atoms with Crippen LogP contribution >= 0.6 is 0 Å². The first kappa shape index (κ1) is 14.6. The molecule has 3 aromatic rings. The molecule has 0 bridgehead atoms. The number of fused-ring (bicyclic) bond motifs is 1. The van der Waals surface area contributed by atoms with Gasteiger partial charge in [0.1, 0.15) is 5.82 Å². The smallest absolute Gasteiger partial charge is 0.165 e. The van der Waals surface area contributed by atoms with E-state index in [1.54, 1.807) is 0 Å². The zero-order valence-corrected chi connectivity index (χ0v) is 13.4. The zero-order valence-electron chi connectivity index (χ0n) is 13.4. The number of aromatic nitrogens is 3. The summed E-state index contributed by atoms with van der Waals surface area (Å²) in [7, 11) is 0. The molecule has 0 unspecified atom stereocenters. The Morgan fingerprint density at radius 3 is 2.64 bits per heavy atom. The van der Waals surface area contributed by atoms with E-state index in [1.807, 2.05) is 24.4 Å². The van der Waals surface area contributed by atoms with Crippen LogP contribution in [0.15, 0.2) is 36.4 Å². The lowest BCUT2D eigenvalue weighted by molar-refractivity contribution is 0.817. The highest BCUT2D eigenvalue weighted by molar-refractivity contribution is 5.80. The third-order valence-corrected chi connectivity index (χ3v) is 3.79. The Morgan fingerprint density at radius 2 is 1.91 bits per heavy atom. The number of benzene rings is 1. The van der Waals surface area contributed by atoms with Gasteiger partial charge in [-0.15, -0.1) is 0 Å². The van der Waals surface area contributed by atoms with Gasteiger partial charge in [0.25, 0.3) is 0 Å². The highest BCUT2D eigenvalue weighted by atomic mass is 15.3. The number of hydrogen-bond acceptors (Lipinski definition) is 3. The van der Waals surface area contributed by atoms with Gasteiger partial charge in [0, 0.05) is 23.9 Å². The normalized spacial score (nSPS) is 11.0. The van der Waals surface area contributed by atoms with Gasteiger partial charge in [0.2, 0.25) is 0 Å². The summed E-state index contributed by atoms with van der Waals surface area (Å²) < 4.78 is 1.93. The van der Waals surface area contributed by atoms with E-state index in [2.05, 4.69) is 42.6 Å². The Kier molecular flexibility index (Phi) is 4.09. The van der Waals surface area contributed by atoms with Crippen molar-refractivity contribution in [2.45, 2.75) is 33.6 Å². The molecule has 2 heterocycles. The van der Waals surface area contributed by atoms with Gasteiger partial charge in [0.15, 0.2) is 5.65 Å². The van der Waals surface area contributed by atoms with Crippen molar-refractivity contribution >= 4 is 11.5 Å². The van der Waals surface area contributed by atoms with E-state index in [9.17, 15) is 0 Å². The van der Waals surface area contributed by atoms with E-state index >= 15 is 0 Å². The molecule has 4 heteroatoms. The van der Waals surface area contributed by atoms with Crippen LogP contribution < -0.4 is 5.32 Å². The van der Waals surface area contributed by atoms with Crippen LogP contribution in [0.1, 0.15) is 31.2 Å². The number of nitrogens with one attached hydrogen (secondary N) is 1. The molecule has 0 fully saturated rings. The quantitative estimate of drug-likeness (QED) is 0.716. The highest BCUT2D eigenvalue weighted by Gasteiger charge is 2.15. The monoisotopic (exact) mass is 294 g/mol. The fourth-order valence-corrected chi connectivity index (χ4v) is 2.71. The number of nitrogens with zero attached hydrogens (tertiary/aromatic N) is 3. The second-order valence-electron chi connectivity index (χ2n) is 5.62. The molecule has 3 rings (SSSR count). The maximum Gasteiger partial charge on any atom is 0.165 e. The maximum atomic E-state index is 4.72. The van der Waals surface area contributed by atoms with Crippen molar-refractivity contribution in [2.24, 2.45) is 0 Å². The molecule has 0 aliphatic rings. The predicted molar refractivity (Wildman–Crippen MR) is 91.3 cm³/mol. The summed E-state index contributed by atoms with van der Waals surface area (Å²) in [6.07, 6.45) is 2.32. The van der Waals surface area contributed by atoms with Gasteiger partial charge in [0.05, 0.1) is 5.69 Å². The number of unbranched alkanes of at least 4 members (excludes halogenated alkanes) is 1. The molecule has 1 aromatic carbocycles. The molecule has 0 saturated heterocycles. The van der Waals surface area contributed by atoms with Crippen molar-refractivity contribution < 1.29 is 0 Å². The first-order chi connectivity index (χ1) is 10.7. The number of aryl methyl sites for hydroxylation is 2. The second-order valence-corrected chi connectivity index (χ2v) is 5.62. The second kappa shape index (κ2) is 6.18. The molecule has 1 N–H and O–H groups in total. The topological polar surface area (TPSA) is 42.2 Å². The summed E-state index contributed by atoms with van der Waals surface area (Å²) >= 11 is 0. The van der Waals surface area contributed by atoms with Gasteiger partial charge >= 0.3 is 0 Å². The van der Waals surface area contributed by atoms with Crippen LogP contribution in [0.2, 0.25) is 0 Å². The summed E-state index contributed by atoms with van der Waals surface area (Å²) in [5.74, 6) is 1.02. The lowest BCUT2D eigenvalue weighted by Crippen LogP contribution is -2.08. The van der Waals surface area contributed by atoms with Gasteiger partial charge in [-0.25, -0.2) is 4.98 Å². The van der Waals surface area contributed by atoms with Crippen LogP contribution in [0.25, 0.3) is 16.8 Å². The Labute approximate surface area is 131 Å². The fraction of sp³-hybridized carbons (Fsp3) is 0.333. The van der Waals surface area contributed by atoms with Gasteiger partial charge in [-0.2, -0.15) is 9.61 Å². The Balaban J connectivity index is 2.13. The first-order valence-corrected chi connectivity index (χ1v) is 7.87. The van der Waals surface area contributed by atoms with Crippen LogP contribution in [-0.2, 0) is 0 Å². The van der Waals surface area contributed by atoms with E-state index in [1.165, 1.54) is 6.42 Å². The molecule has 22 heavy (non-hydrogen) atoms. The van der Waals surface area contributed by atoms with Crippen LogP contribution in [0.5, 0.6) is 0 Å². The molecular weight excluding hydrogens is 272 g/mol. The zero-order chi connectivity index (χ0) is 15.5. The Morgan fingerprint density at radius 1 is 1.14 bits per heavy atom. The molecule has 0 radical (unpaired) electrons. The summed E-state index contributed by atoms with van der Waals surface area (Å²) in [5, 5.41) is 8.18. The average Bonchev–Trinajstić information content (AvgIpc) is 2.84. The lowest BCUT2D eigenvalue weighted by atomic mass is 10.1. The molecular formula is C18H22N4. The standard InChI is InChI=1S/C18H22N4/c1-4-5-11-19-16-12-13(2)20-18-17(14(3)21-22(16)18)15-9-7-6-8-10-15/h6-10,12,19H,4-5,11H2,1-3H3. The van der Waals surface area contributed by atoms with Crippen molar-refractivity contribution in [3.8, 4) is 11.1 Å². The van der Waals surface area contributed by atoms with E-state index in [4.69, 9.17) is 10.1 Å². The van der Waals surface area contributed by atoms with Crippen molar-refractivity contribution in [2.75, 3.05) is 11.9 Å². The molecule has 114 valence electrons. The number of rotatable bonds is 5. The van der Waals surface area contributed by atoms with Gasteiger partial charge < -0.3 is 5.32 Å². The summed E-state index contributed by atoms with van der Waals surface area (Å²) in [6, 6.07) is 12.4. The molecule has 0 spiro atoms. The van der Waals surface area contributed by atoms with Gasteiger partial charge in [-0.05, 0) is 25.8 Å². The molecule has 4 nitrogen and oxygen atoms in total. The largest absolute Gasteiger partial charge is 0.370 e. The summed E-state index contributed by atoms with van der Waals surface area (Å²) in [5.41, 5.74) is 5.20. The predicted octanol–water partition coefficient (Wildman–Crippen LogP) is 4.23. The SMILES string of the molecule is CCCCNc1cc(C)nc2c(-c3ccccc3)c(C)nn12. The van der Waals surface area contributed by atoms with Crippen LogP contribution in [0.4, 0.5) is 5.82 Å². The molecule has 0 atom stereocenters. The van der Waals surface area contributed by atoms with Crippen molar-refractivity contribution in [1.82, 2.24) is 14.6 Å². The van der Waals surface area contributed by atoms with Crippen molar-refractivity contribution in [3.05, 3.63) is 47.8 Å². The van der Waals surface area contributed by atoms with E-state index in [0.29, 0.717) is 0 Å². The van der Waals surface area contributed by atoms with Gasteiger partial charge in [-0.3, -0.25) is 0 Å². The lowest BCUT2D eigenvalue weighted by Gasteiger charge is -2.09. The molecule has 0 amide bonds. The first-order valence-electron chi connectivity index (χ1n) is 7.87. The Hall–Kier alpha value is -2.36. The fourth-order valence-electron chi connectivity index (χ4n) is 2.71. The van der Waals surface area contributed by atoms with E-state index < -0.39 is 0 Å². The van der Waals surface area contributed by atoms with Crippen LogP contribution in [-0.4, -0.2) is 21.1 Å². The molecule has 2 aromatic heterocycles. The van der Waals surface area contributed by atoms with Crippen LogP contribution in [0.3, 0.4) is 0 Å². The van der Waals surface area contributed by atoms with Gasteiger partial charge in [-0.1, -0.05) is 43.7 Å². The highest BCUT2D eigenvalue weighted by Crippen LogP contribution is 2.28. The maximum absolute atomic E-state index is 4.72. The third kappa shape index (κ3) is 2.69. The minimum absolute atomic E-state index is 0.919. The average molecular weight is 294 g/mol. The van der Waals surface area contributed by atoms with Crippen molar-refractivity contribution in [1.29, 1.82) is 0 Å². The van der Waals surface area contributed by atoms with E-state index in [0.717, 1.165) is 46.9 Å². The van der Waals surface area contributed by atoms with E-state index in [-0.39, 0.29) is 0 Å². The molecule has 0 saturated carbocycles. The van der Waals surface area contributed by atoms with Crippen molar-refractivity contribution in [3.63, 3.8) is 0 Å². The Bertz CT molecular complexity index is 775. The molecule has 0 aliphatic carbocycles. The minimum Gasteiger partial charge on any atom is -0.370 e. The minimum atomic E-state index is 0.919. The van der Waals surface area contributed by atoms with Crippen LogP contribution in [0, 0.1) is 13.8 Å². The number of anilines is 1.